The Hall–Kier alpha value is -2.70. The van der Waals surface area contributed by atoms with Crippen LogP contribution in [0, 0.1) is 0 Å². The number of fused-ring (bicyclic) bond motifs is 1. The summed E-state index contributed by atoms with van der Waals surface area (Å²) in [5.41, 5.74) is -0.180. The van der Waals surface area contributed by atoms with E-state index in [0.717, 1.165) is 0 Å². The monoisotopic (exact) mass is 289 g/mol. The van der Waals surface area contributed by atoms with Gasteiger partial charge in [-0.05, 0) is 39.0 Å². The third kappa shape index (κ3) is 3.88. The normalized spacial score (nSPS) is 11.2. The molecule has 0 spiro atoms. The van der Waals surface area contributed by atoms with Gasteiger partial charge in [-0.3, -0.25) is 5.32 Å². The van der Waals surface area contributed by atoms with Crippen LogP contribution in [0.15, 0.2) is 24.4 Å². The number of aromatic nitrogens is 2. The lowest BCUT2D eigenvalue weighted by Gasteiger charge is -2.19. The lowest BCUT2D eigenvalue weighted by molar-refractivity contribution is 0.0633. The highest BCUT2D eigenvalue weighted by Crippen LogP contribution is 2.16. The van der Waals surface area contributed by atoms with Crippen LogP contribution in [0.3, 0.4) is 0 Å². The maximum Gasteiger partial charge on any atom is 0.413 e. The van der Waals surface area contributed by atoms with Crippen molar-refractivity contribution in [2.45, 2.75) is 26.4 Å². The van der Waals surface area contributed by atoms with Gasteiger partial charge >= 0.3 is 12.1 Å². The zero-order valence-corrected chi connectivity index (χ0v) is 11.9. The number of rotatable bonds is 2. The van der Waals surface area contributed by atoms with Gasteiger partial charge in [-0.25, -0.2) is 19.6 Å². The number of carboxylic acids is 1. The zero-order valence-electron chi connectivity index (χ0n) is 11.9. The molecule has 0 saturated carbocycles. The lowest BCUT2D eigenvalue weighted by atomic mass is 10.2. The lowest BCUT2D eigenvalue weighted by Crippen LogP contribution is -2.27. The Morgan fingerprint density at radius 3 is 2.62 bits per heavy atom. The van der Waals surface area contributed by atoms with Crippen LogP contribution < -0.4 is 5.32 Å². The summed E-state index contributed by atoms with van der Waals surface area (Å²) in [6.07, 6.45) is 0.603. The Morgan fingerprint density at radius 2 is 2.00 bits per heavy atom. The summed E-state index contributed by atoms with van der Waals surface area (Å²) in [4.78, 5) is 30.6. The zero-order chi connectivity index (χ0) is 15.6. The molecule has 0 fully saturated rings. The molecule has 2 heterocycles. The standard InChI is InChI=1S/C14H15N3O4/c1-14(2,3)21-13(20)17-10-5-4-8-6-9(12(18)19)7-15-11(8)16-10/h4-7H,1-3H3,(H,18,19)(H,15,16,17,20). The first-order valence-corrected chi connectivity index (χ1v) is 6.25. The molecule has 2 N–H and O–H groups in total. The predicted molar refractivity (Wildman–Crippen MR) is 76.4 cm³/mol. The highest BCUT2D eigenvalue weighted by atomic mass is 16.6. The third-order valence-corrected chi connectivity index (χ3v) is 2.42. The molecule has 0 aliphatic heterocycles. The number of amides is 1. The van der Waals surface area contributed by atoms with Crippen LogP contribution in [0.5, 0.6) is 0 Å². The van der Waals surface area contributed by atoms with E-state index in [1.54, 1.807) is 32.9 Å². The molecule has 0 aromatic carbocycles. The minimum Gasteiger partial charge on any atom is -0.478 e. The van der Waals surface area contributed by atoms with Crippen molar-refractivity contribution in [2.24, 2.45) is 0 Å². The van der Waals surface area contributed by atoms with Crippen molar-refractivity contribution < 1.29 is 19.4 Å². The smallest absolute Gasteiger partial charge is 0.413 e. The van der Waals surface area contributed by atoms with Crippen molar-refractivity contribution >= 4 is 28.9 Å². The fourth-order valence-electron chi connectivity index (χ4n) is 1.61. The highest BCUT2D eigenvalue weighted by molar-refractivity contribution is 5.92. The van der Waals surface area contributed by atoms with Crippen LogP contribution in [-0.2, 0) is 4.74 Å². The van der Waals surface area contributed by atoms with Crippen LogP contribution in [-0.4, -0.2) is 32.7 Å². The second-order valence-electron chi connectivity index (χ2n) is 5.40. The van der Waals surface area contributed by atoms with Gasteiger partial charge in [0.1, 0.15) is 11.4 Å². The molecule has 7 nitrogen and oxygen atoms in total. The number of nitrogens with zero attached hydrogens (tertiary/aromatic N) is 2. The van der Waals surface area contributed by atoms with Crippen molar-refractivity contribution in [3.05, 3.63) is 30.0 Å². The summed E-state index contributed by atoms with van der Waals surface area (Å²) in [5.74, 6) is -0.771. The van der Waals surface area contributed by atoms with E-state index in [9.17, 15) is 9.59 Å². The Bertz CT molecular complexity index is 707. The number of carbonyl (C=O) groups excluding carboxylic acids is 1. The van der Waals surface area contributed by atoms with E-state index in [-0.39, 0.29) is 11.4 Å². The molecule has 2 aromatic rings. The highest BCUT2D eigenvalue weighted by Gasteiger charge is 2.16. The minimum atomic E-state index is -1.06. The van der Waals surface area contributed by atoms with Gasteiger partial charge < -0.3 is 9.84 Å². The van der Waals surface area contributed by atoms with Gasteiger partial charge in [0.2, 0.25) is 0 Å². The van der Waals surface area contributed by atoms with Gasteiger partial charge in [-0.2, -0.15) is 0 Å². The van der Waals surface area contributed by atoms with Gasteiger partial charge in [0.25, 0.3) is 0 Å². The predicted octanol–water partition coefficient (Wildman–Crippen LogP) is 2.68. The van der Waals surface area contributed by atoms with E-state index in [4.69, 9.17) is 9.84 Å². The maximum atomic E-state index is 11.6. The maximum absolute atomic E-state index is 11.6. The second-order valence-corrected chi connectivity index (χ2v) is 5.40. The number of anilines is 1. The molecule has 0 unspecified atom stereocenters. The third-order valence-electron chi connectivity index (χ3n) is 2.42. The second kappa shape index (κ2) is 5.35. The number of hydrogen-bond donors (Lipinski definition) is 2. The number of nitrogens with one attached hydrogen (secondary N) is 1. The van der Waals surface area contributed by atoms with Crippen LogP contribution in [0.4, 0.5) is 10.6 Å². The van der Waals surface area contributed by atoms with E-state index >= 15 is 0 Å². The van der Waals surface area contributed by atoms with Crippen molar-refractivity contribution in [3.63, 3.8) is 0 Å². The summed E-state index contributed by atoms with van der Waals surface area (Å²) in [7, 11) is 0. The Labute approximate surface area is 121 Å². The minimum absolute atomic E-state index is 0.0807. The van der Waals surface area contributed by atoms with E-state index in [1.807, 2.05) is 0 Å². The molecule has 0 aliphatic carbocycles. The molecule has 7 heteroatoms. The van der Waals surface area contributed by atoms with Crippen molar-refractivity contribution in [1.82, 2.24) is 9.97 Å². The van der Waals surface area contributed by atoms with E-state index in [2.05, 4.69) is 15.3 Å². The number of aromatic carboxylic acids is 1. The van der Waals surface area contributed by atoms with Crippen LogP contribution >= 0.6 is 0 Å². The molecule has 110 valence electrons. The van der Waals surface area contributed by atoms with E-state index < -0.39 is 17.7 Å². The average molecular weight is 289 g/mol. The first-order chi connectivity index (χ1) is 9.74. The number of hydrogen-bond acceptors (Lipinski definition) is 5. The molecule has 0 radical (unpaired) electrons. The molecule has 2 aromatic heterocycles. The van der Waals surface area contributed by atoms with Gasteiger partial charge in [0.05, 0.1) is 5.56 Å². The Kier molecular flexibility index (Phi) is 3.75. The first kappa shape index (κ1) is 14.7. The Balaban J connectivity index is 2.22. The molecular weight excluding hydrogens is 274 g/mol. The number of ether oxygens (including phenoxy) is 1. The number of pyridine rings is 2. The molecule has 0 bridgehead atoms. The number of carboxylic acid groups (broad SMARTS) is 1. The summed E-state index contributed by atoms with van der Waals surface area (Å²) >= 11 is 0. The van der Waals surface area contributed by atoms with Gasteiger partial charge in [0, 0.05) is 11.6 Å². The average Bonchev–Trinajstić information content (AvgIpc) is 2.35. The topological polar surface area (TPSA) is 101 Å². The molecule has 1 amide bonds. The summed E-state index contributed by atoms with van der Waals surface area (Å²) in [5, 5.41) is 12.0. The summed E-state index contributed by atoms with van der Waals surface area (Å²) in [6, 6.07) is 4.66. The van der Waals surface area contributed by atoms with Crippen LogP contribution in [0.1, 0.15) is 31.1 Å². The SMILES string of the molecule is CC(C)(C)OC(=O)Nc1ccc2cc(C(=O)O)cnc2n1. The quantitative estimate of drug-likeness (QED) is 0.881. The van der Waals surface area contributed by atoms with Crippen molar-refractivity contribution in [3.8, 4) is 0 Å². The largest absolute Gasteiger partial charge is 0.478 e. The van der Waals surface area contributed by atoms with Gasteiger partial charge in [0.15, 0.2) is 5.65 Å². The molecule has 21 heavy (non-hydrogen) atoms. The molecule has 0 atom stereocenters. The molecule has 2 rings (SSSR count). The molecule has 0 aliphatic rings. The van der Waals surface area contributed by atoms with Crippen molar-refractivity contribution in [2.75, 3.05) is 5.32 Å². The van der Waals surface area contributed by atoms with Gasteiger partial charge in [-0.15, -0.1) is 0 Å². The first-order valence-electron chi connectivity index (χ1n) is 6.25. The Morgan fingerprint density at radius 1 is 1.29 bits per heavy atom. The van der Waals surface area contributed by atoms with E-state index in [0.29, 0.717) is 11.0 Å². The van der Waals surface area contributed by atoms with Crippen molar-refractivity contribution in [1.29, 1.82) is 0 Å². The summed E-state index contributed by atoms with van der Waals surface area (Å²) in [6.45, 7) is 5.28. The van der Waals surface area contributed by atoms with Crippen LogP contribution in [0.2, 0.25) is 0 Å². The number of carbonyl (C=O) groups is 2. The van der Waals surface area contributed by atoms with E-state index in [1.165, 1.54) is 12.3 Å². The van der Waals surface area contributed by atoms with Gasteiger partial charge in [-0.1, -0.05) is 0 Å². The van der Waals surface area contributed by atoms with Crippen LogP contribution in [0.25, 0.3) is 11.0 Å². The fraction of sp³-hybridized carbons (Fsp3) is 0.286. The molecule has 0 saturated heterocycles. The fourth-order valence-corrected chi connectivity index (χ4v) is 1.61. The summed E-state index contributed by atoms with van der Waals surface area (Å²) < 4.78 is 5.12. The molecular formula is C14H15N3O4.